The molecule has 0 spiro atoms. The molecule has 1 unspecified atom stereocenters. The number of hydrogen-bond donors (Lipinski definition) is 2. The zero-order valence-electron chi connectivity index (χ0n) is 9.79. The maximum atomic E-state index is 4.40. The van der Waals surface area contributed by atoms with E-state index in [1.807, 2.05) is 6.20 Å². The van der Waals surface area contributed by atoms with Crippen LogP contribution in [0.4, 0.5) is 0 Å². The standard InChI is InChI=1S/C11H18N4S/c1-8(10-14-7-9(2)16-10)6-15-11-12-4-3-5-13-11/h7-8H,3-6H2,1-2H3,(H2,12,13,15). The minimum Gasteiger partial charge on any atom is -0.356 e. The third-order valence-electron chi connectivity index (χ3n) is 2.53. The van der Waals surface area contributed by atoms with Gasteiger partial charge >= 0.3 is 0 Å². The second-order valence-corrected chi connectivity index (χ2v) is 5.37. The first kappa shape index (κ1) is 11.4. The van der Waals surface area contributed by atoms with Gasteiger partial charge in [0.25, 0.3) is 0 Å². The predicted molar refractivity (Wildman–Crippen MR) is 68.2 cm³/mol. The van der Waals surface area contributed by atoms with E-state index in [0.29, 0.717) is 5.92 Å². The van der Waals surface area contributed by atoms with Crippen molar-refractivity contribution in [3.8, 4) is 0 Å². The van der Waals surface area contributed by atoms with Crippen LogP contribution in [0.2, 0.25) is 0 Å². The van der Waals surface area contributed by atoms with Gasteiger partial charge in [-0.1, -0.05) is 6.92 Å². The molecule has 5 heteroatoms. The molecule has 0 amide bonds. The van der Waals surface area contributed by atoms with Crippen LogP contribution in [0.25, 0.3) is 0 Å². The number of nitrogens with zero attached hydrogens (tertiary/aromatic N) is 2. The molecule has 2 N–H and O–H groups in total. The molecular formula is C11H18N4S. The third kappa shape index (κ3) is 2.95. The van der Waals surface area contributed by atoms with Crippen molar-refractivity contribution in [1.29, 1.82) is 0 Å². The van der Waals surface area contributed by atoms with Gasteiger partial charge in [0, 0.05) is 36.6 Å². The maximum Gasteiger partial charge on any atom is 0.191 e. The van der Waals surface area contributed by atoms with Gasteiger partial charge in [-0.3, -0.25) is 4.99 Å². The molecule has 0 saturated heterocycles. The van der Waals surface area contributed by atoms with Gasteiger partial charge in [-0.25, -0.2) is 4.98 Å². The summed E-state index contributed by atoms with van der Waals surface area (Å²) in [5, 5.41) is 7.78. The molecule has 2 heterocycles. The second kappa shape index (κ2) is 5.30. The molecule has 0 aliphatic carbocycles. The van der Waals surface area contributed by atoms with E-state index in [1.54, 1.807) is 11.3 Å². The molecule has 16 heavy (non-hydrogen) atoms. The first-order chi connectivity index (χ1) is 7.75. The molecular weight excluding hydrogens is 220 g/mol. The monoisotopic (exact) mass is 238 g/mol. The highest BCUT2D eigenvalue weighted by atomic mass is 32.1. The third-order valence-corrected chi connectivity index (χ3v) is 3.68. The highest BCUT2D eigenvalue weighted by Gasteiger charge is 2.11. The first-order valence-corrected chi connectivity index (χ1v) is 6.52. The summed E-state index contributed by atoms with van der Waals surface area (Å²) in [6.45, 7) is 7.12. The summed E-state index contributed by atoms with van der Waals surface area (Å²) >= 11 is 1.77. The average molecular weight is 238 g/mol. The number of thiazole rings is 1. The topological polar surface area (TPSA) is 49.3 Å². The molecule has 4 nitrogen and oxygen atoms in total. The Balaban J connectivity index is 1.83. The lowest BCUT2D eigenvalue weighted by atomic mass is 10.2. The van der Waals surface area contributed by atoms with Crippen molar-refractivity contribution >= 4 is 17.3 Å². The Morgan fingerprint density at radius 3 is 3.12 bits per heavy atom. The molecule has 0 saturated carbocycles. The Kier molecular flexibility index (Phi) is 3.77. The number of aryl methyl sites for hydroxylation is 1. The Morgan fingerprint density at radius 2 is 2.50 bits per heavy atom. The van der Waals surface area contributed by atoms with Crippen molar-refractivity contribution in [2.24, 2.45) is 4.99 Å². The van der Waals surface area contributed by atoms with Gasteiger partial charge in [0.1, 0.15) is 0 Å². The van der Waals surface area contributed by atoms with Gasteiger partial charge in [-0.05, 0) is 13.3 Å². The number of rotatable bonds is 3. The van der Waals surface area contributed by atoms with Gasteiger partial charge in [-0.2, -0.15) is 0 Å². The average Bonchev–Trinajstić information content (AvgIpc) is 2.74. The van der Waals surface area contributed by atoms with Crippen LogP contribution in [0, 0.1) is 6.92 Å². The van der Waals surface area contributed by atoms with E-state index in [4.69, 9.17) is 0 Å². The molecule has 1 aliphatic heterocycles. The highest BCUT2D eigenvalue weighted by Crippen LogP contribution is 2.20. The number of aromatic nitrogens is 1. The van der Waals surface area contributed by atoms with Gasteiger partial charge in [0.2, 0.25) is 0 Å². The summed E-state index contributed by atoms with van der Waals surface area (Å²) in [7, 11) is 0. The van der Waals surface area contributed by atoms with E-state index in [2.05, 4.69) is 34.5 Å². The molecule has 0 radical (unpaired) electrons. The number of nitrogens with one attached hydrogen (secondary N) is 2. The molecule has 1 aliphatic rings. The van der Waals surface area contributed by atoms with E-state index in [9.17, 15) is 0 Å². The Labute approximate surface area is 100 Å². The van der Waals surface area contributed by atoms with Crippen LogP contribution in [0.15, 0.2) is 11.2 Å². The molecule has 0 aromatic carbocycles. The van der Waals surface area contributed by atoms with Crippen LogP contribution >= 0.6 is 11.3 Å². The zero-order chi connectivity index (χ0) is 11.4. The molecule has 0 fully saturated rings. The van der Waals surface area contributed by atoms with Gasteiger partial charge < -0.3 is 10.6 Å². The van der Waals surface area contributed by atoms with Crippen LogP contribution < -0.4 is 10.6 Å². The van der Waals surface area contributed by atoms with Crippen molar-refractivity contribution < 1.29 is 0 Å². The normalized spacial score (nSPS) is 17.5. The minimum atomic E-state index is 0.435. The number of aliphatic imine (C=N–C) groups is 1. The summed E-state index contributed by atoms with van der Waals surface area (Å²) in [6, 6.07) is 0. The van der Waals surface area contributed by atoms with Gasteiger partial charge in [0.15, 0.2) is 5.96 Å². The predicted octanol–water partition coefficient (Wildman–Crippen LogP) is 1.49. The van der Waals surface area contributed by atoms with Crippen LogP contribution in [0.5, 0.6) is 0 Å². The van der Waals surface area contributed by atoms with E-state index in [1.165, 1.54) is 9.88 Å². The number of guanidine groups is 1. The molecule has 1 atom stereocenters. The summed E-state index contributed by atoms with van der Waals surface area (Å²) in [5.41, 5.74) is 0. The Bertz CT molecular complexity index is 372. The molecule has 0 bridgehead atoms. The summed E-state index contributed by atoms with van der Waals surface area (Å²) in [4.78, 5) is 10.0. The minimum absolute atomic E-state index is 0.435. The van der Waals surface area contributed by atoms with Crippen molar-refractivity contribution in [1.82, 2.24) is 15.6 Å². The quantitative estimate of drug-likeness (QED) is 0.839. The van der Waals surface area contributed by atoms with Crippen LogP contribution in [-0.4, -0.2) is 30.6 Å². The SMILES string of the molecule is Cc1cnc(C(C)CNC2=NCCCN2)s1. The molecule has 1 aromatic rings. The fraction of sp³-hybridized carbons (Fsp3) is 0.636. The van der Waals surface area contributed by atoms with Gasteiger partial charge in [0.05, 0.1) is 5.01 Å². The van der Waals surface area contributed by atoms with Crippen molar-refractivity contribution in [3.63, 3.8) is 0 Å². The molecule has 2 rings (SSSR count). The van der Waals surface area contributed by atoms with E-state index >= 15 is 0 Å². The lowest BCUT2D eigenvalue weighted by Crippen LogP contribution is -2.42. The first-order valence-electron chi connectivity index (χ1n) is 5.70. The van der Waals surface area contributed by atoms with Crippen LogP contribution in [-0.2, 0) is 0 Å². The Morgan fingerprint density at radius 1 is 1.62 bits per heavy atom. The molecule has 88 valence electrons. The largest absolute Gasteiger partial charge is 0.356 e. The number of hydrogen-bond acceptors (Lipinski definition) is 5. The second-order valence-electron chi connectivity index (χ2n) is 4.10. The van der Waals surface area contributed by atoms with Gasteiger partial charge in [-0.15, -0.1) is 11.3 Å². The fourth-order valence-electron chi connectivity index (χ4n) is 1.59. The summed E-state index contributed by atoms with van der Waals surface area (Å²) < 4.78 is 0. The van der Waals surface area contributed by atoms with E-state index in [0.717, 1.165) is 32.0 Å². The van der Waals surface area contributed by atoms with E-state index < -0.39 is 0 Å². The van der Waals surface area contributed by atoms with E-state index in [-0.39, 0.29) is 0 Å². The highest BCUT2D eigenvalue weighted by molar-refractivity contribution is 7.11. The maximum absolute atomic E-state index is 4.40. The summed E-state index contributed by atoms with van der Waals surface area (Å²) in [5.74, 6) is 1.37. The smallest absolute Gasteiger partial charge is 0.191 e. The van der Waals surface area contributed by atoms with Crippen molar-refractivity contribution in [2.75, 3.05) is 19.6 Å². The van der Waals surface area contributed by atoms with Crippen LogP contribution in [0.3, 0.4) is 0 Å². The lowest BCUT2D eigenvalue weighted by Gasteiger charge is -2.17. The lowest BCUT2D eigenvalue weighted by molar-refractivity contribution is 0.663. The van der Waals surface area contributed by atoms with Crippen molar-refractivity contribution in [3.05, 3.63) is 16.1 Å². The fourth-order valence-corrected chi connectivity index (χ4v) is 2.41. The summed E-state index contributed by atoms with van der Waals surface area (Å²) in [6.07, 6.45) is 3.07. The van der Waals surface area contributed by atoms with Crippen LogP contribution in [0.1, 0.15) is 29.1 Å². The molecule has 1 aromatic heterocycles. The van der Waals surface area contributed by atoms with Crippen molar-refractivity contribution in [2.45, 2.75) is 26.2 Å². The Hall–Kier alpha value is -1.10. The zero-order valence-corrected chi connectivity index (χ0v) is 10.6.